The van der Waals surface area contributed by atoms with Crippen LogP contribution in [0.1, 0.15) is 16.5 Å². The summed E-state index contributed by atoms with van der Waals surface area (Å²) < 4.78 is 5.17. The summed E-state index contributed by atoms with van der Waals surface area (Å²) in [5.41, 5.74) is 1.69. The molecule has 0 spiro atoms. The van der Waals surface area contributed by atoms with Crippen molar-refractivity contribution in [2.24, 2.45) is 0 Å². The highest BCUT2D eigenvalue weighted by Gasteiger charge is 2.18. The fourth-order valence-electron chi connectivity index (χ4n) is 1.56. The van der Waals surface area contributed by atoms with E-state index in [1.54, 1.807) is 12.1 Å². The second-order valence-electron chi connectivity index (χ2n) is 3.87. The van der Waals surface area contributed by atoms with E-state index in [2.05, 4.69) is 0 Å². The first kappa shape index (κ1) is 12.7. The molecule has 2 aromatic rings. The van der Waals surface area contributed by atoms with Gasteiger partial charge in [0.15, 0.2) is 5.38 Å². The summed E-state index contributed by atoms with van der Waals surface area (Å²) in [6, 6.07) is 18.7. The first-order valence-corrected chi connectivity index (χ1v) is 6.10. The van der Waals surface area contributed by atoms with Crippen molar-refractivity contribution in [2.45, 2.75) is 12.0 Å². The van der Waals surface area contributed by atoms with E-state index in [0.29, 0.717) is 0 Å². The molecule has 3 heteroatoms. The summed E-state index contributed by atoms with van der Waals surface area (Å²) in [5.74, 6) is -0.424. The zero-order chi connectivity index (χ0) is 12.8. The van der Waals surface area contributed by atoms with E-state index >= 15 is 0 Å². The van der Waals surface area contributed by atoms with Gasteiger partial charge in [-0.3, -0.25) is 4.79 Å². The lowest BCUT2D eigenvalue weighted by molar-refractivity contribution is -0.144. The van der Waals surface area contributed by atoms with Crippen LogP contribution in [0.5, 0.6) is 0 Å². The molecule has 0 radical (unpaired) electrons. The van der Waals surface area contributed by atoms with Crippen molar-refractivity contribution in [3.05, 3.63) is 71.8 Å². The summed E-state index contributed by atoms with van der Waals surface area (Å²) in [4.78, 5) is 11.8. The van der Waals surface area contributed by atoms with E-state index in [1.807, 2.05) is 48.5 Å². The first-order chi connectivity index (χ1) is 8.77. The standard InChI is InChI=1S/C15H13ClO2/c16-14(13-9-5-2-6-10-13)15(17)18-11-12-7-3-1-4-8-12/h1-10,14H,11H2/t14-/m0/s1. The van der Waals surface area contributed by atoms with E-state index in [9.17, 15) is 4.79 Å². The number of carbonyl (C=O) groups is 1. The molecule has 1 atom stereocenters. The van der Waals surface area contributed by atoms with Gasteiger partial charge in [0.1, 0.15) is 6.61 Å². The number of rotatable bonds is 4. The van der Waals surface area contributed by atoms with E-state index in [-0.39, 0.29) is 6.61 Å². The van der Waals surface area contributed by atoms with Crippen LogP contribution >= 0.6 is 11.6 Å². The van der Waals surface area contributed by atoms with E-state index < -0.39 is 11.3 Å². The SMILES string of the molecule is O=C(OCc1ccccc1)[C@@H](Cl)c1ccccc1. The Morgan fingerprint density at radius 2 is 1.56 bits per heavy atom. The van der Waals surface area contributed by atoms with Gasteiger partial charge in [-0.15, -0.1) is 11.6 Å². The van der Waals surface area contributed by atoms with Crippen LogP contribution in [0, 0.1) is 0 Å². The first-order valence-electron chi connectivity index (χ1n) is 5.67. The lowest BCUT2D eigenvalue weighted by atomic mass is 10.1. The maximum Gasteiger partial charge on any atom is 0.328 e. The summed E-state index contributed by atoms with van der Waals surface area (Å²) in [5, 5.41) is -0.755. The van der Waals surface area contributed by atoms with Crippen LogP contribution in [0.25, 0.3) is 0 Å². The Morgan fingerprint density at radius 3 is 2.17 bits per heavy atom. The average Bonchev–Trinajstić information content (AvgIpc) is 2.46. The molecule has 18 heavy (non-hydrogen) atoms. The van der Waals surface area contributed by atoms with Gasteiger partial charge in [-0.2, -0.15) is 0 Å². The molecule has 0 amide bonds. The molecule has 0 fully saturated rings. The number of ether oxygens (including phenoxy) is 1. The minimum Gasteiger partial charge on any atom is -0.459 e. The largest absolute Gasteiger partial charge is 0.459 e. The van der Waals surface area contributed by atoms with Crippen molar-refractivity contribution in [1.29, 1.82) is 0 Å². The van der Waals surface area contributed by atoms with Crippen LogP contribution in [0.15, 0.2) is 60.7 Å². The van der Waals surface area contributed by atoms with Gasteiger partial charge in [0.2, 0.25) is 0 Å². The summed E-state index contributed by atoms with van der Waals surface area (Å²) in [6.07, 6.45) is 0. The second kappa shape index (κ2) is 6.22. The van der Waals surface area contributed by atoms with Crippen molar-refractivity contribution in [3.8, 4) is 0 Å². The average molecular weight is 261 g/mol. The van der Waals surface area contributed by atoms with Gasteiger partial charge in [0.05, 0.1) is 0 Å². The van der Waals surface area contributed by atoms with Crippen molar-refractivity contribution in [2.75, 3.05) is 0 Å². The van der Waals surface area contributed by atoms with Crippen LogP contribution in [-0.2, 0) is 16.1 Å². The van der Waals surface area contributed by atoms with Gasteiger partial charge in [0.25, 0.3) is 0 Å². The van der Waals surface area contributed by atoms with Crippen molar-refractivity contribution in [3.63, 3.8) is 0 Å². The third-order valence-electron chi connectivity index (χ3n) is 2.52. The van der Waals surface area contributed by atoms with Gasteiger partial charge < -0.3 is 4.74 Å². The molecule has 2 nitrogen and oxygen atoms in total. The second-order valence-corrected chi connectivity index (χ2v) is 4.30. The van der Waals surface area contributed by atoms with Crippen molar-refractivity contribution >= 4 is 17.6 Å². The number of alkyl halides is 1. The van der Waals surface area contributed by atoms with Gasteiger partial charge in [0, 0.05) is 0 Å². The molecule has 92 valence electrons. The van der Waals surface area contributed by atoms with Crippen molar-refractivity contribution < 1.29 is 9.53 Å². The highest BCUT2D eigenvalue weighted by Crippen LogP contribution is 2.21. The molecule has 0 saturated carbocycles. The smallest absolute Gasteiger partial charge is 0.328 e. The van der Waals surface area contributed by atoms with Crippen molar-refractivity contribution in [1.82, 2.24) is 0 Å². The minimum atomic E-state index is -0.755. The van der Waals surface area contributed by atoms with Crippen LogP contribution in [0.4, 0.5) is 0 Å². The van der Waals surface area contributed by atoms with E-state index in [4.69, 9.17) is 16.3 Å². The molecule has 0 aliphatic heterocycles. The molecular weight excluding hydrogens is 248 g/mol. The van der Waals surface area contributed by atoms with Crippen LogP contribution in [0.2, 0.25) is 0 Å². The van der Waals surface area contributed by atoms with Crippen LogP contribution < -0.4 is 0 Å². The molecule has 0 aliphatic carbocycles. The third kappa shape index (κ3) is 3.34. The maximum atomic E-state index is 11.8. The number of hydrogen-bond acceptors (Lipinski definition) is 2. The number of carbonyl (C=O) groups excluding carboxylic acids is 1. The predicted molar refractivity (Wildman–Crippen MR) is 71.3 cm³/mol. The molecule has 0 saturated heterocycles. The number of benzene rings is 2. The van der Waals surface area contributed by atoms with Gasteiger partial charge in [-0.05, 0) is 11.1 Å². The lowest BCUT2D eigenvalue weighted by Gasteiger charge is -2.10. The fourth-order valence-corrected chi connectivity index (χ4v) is 1.77. The molecular formula is C15H13ClO2. The monoisotopic (exact) mass is 260 g/mol. The number of esters is 1. The summed E-state index contributed by atoms with van der Waals surface area (Å²) in [6.45, 7) is 0.246. The Hall–Kier alpha value is -1.80. The normalized spacial score (nSPS) is 11.8. The van der Waals surface area contributed by atoms with Gasteiger partial charge in [-0.25, -0.2) is 0 Å². The van der Waals surface area contributed by atoms with Crippen LogP contribution in [-0.4, -0.2) is 5.97 Å². The van der Waals surface area contributed by atoms with E-state index in [0.717, 1.165) is 11.1 Å². The molecule has 0 unspecified atom stereocenters. The Kier molecular flexibility index (Phi) is 4.37. The molecule has 2 rings (SSSR count). The number of hydrogen-bond donors (Lipinski definition) is 0. The predicted octanol–water partition coefficient (Wildman–Crippen LogP) is 3.71. The molecule has 0 N–H and O–H groups in total. The summed E-state index contributed by atoms with van der Waals surface area (Å²) >= 11 is 6.05. The zero-order valence-electron chi connectivity index (χ0n) is 9.75. The minimum absolute atomic E-state index is 0.246. The topological polar surface area (TPSA) is 26.3 Å². The molecule has 0 aromatic heterocycles. The Morgan fingerprint density at radius 1 is 1.00 bits per heavy atom. The van der Waals surface area contributed by atoms with Crippen LogP contribution in [0.3, 0.4) is 0 Å². The highest BCUT2D eigenvalue weighted by molar-refractivity contribution is 6.29. The molecule has 0 bridgehead atoms. The Balaban J connectivity index is 1.93. The maximum absolute atomic E-state index is 11.8. The van der Waals surface area contributed by atoms with Gasteiger partial charge in [-0.1, -0.05) is 60.7 Å². The quantitative estimate of drug-likeness (QED) is 0.619. The van der Waals surface area contributed by atoms with E-state index in [1.165, 1.54) is 0 Å². The fraction of sp³-hybridized carbons (Fsp3) is 0.133. The summed E-state index contributed by atoms with van der Waals surface area (Å²) in [7, 11) is 0. The number of halogens is 1. The highest BCUT2D eigenvalue weighted by atomic mass is 35.5. The Labute approximate surface area is 111 Å². The lowest BCUT2D eigenvalue weighted by Crippen LogP contribution is -2.11. The Bertz CT molecular complexity index is 496. The molecule has 0 aliphatic rings. The molecule has 2 aromatic carbocycles. The van der Waals surface area contributed by atoms with Gasteiger partial charge >= 0.3 is 5.97 Å². The molecule has 0 heterocycles. The third-order valence-corrected chi connectivity index (χ3v) is 2.95. The zero-order valence-corrected chi connectivity index (χ0v) is 10.5.